The predicted molar refractivity (Wildman–Crippen MR) is 68.1 cm³/mol. The van der Waals surface area contributed by atoms with Crippen molar-refractivity contribution in [1.29, 1.82) is 0 Å². The molecule has 0 amide bonds. The Labute approximate surface area is 99.3 Å². The summed E-state index contributed by atoms with van der Waals surface area (Å²) in [6, 6.07) is 0. The first-order chi connectivity index (χ1) is 7.44. The number of aliphatic hydroxyl groups is 1. The Morgan fingerprint density at radius 3 is 2.88 bits per heavy atom. The van der Waals surface area contributed by atoms with Crippen molar-refractivity contribution in [2.24, 2.45) is 17.3 Å². The fraction of sp³-hybridized carbons (Fsp3) is 0.733. The van der Waals surface area contributed by atoms with Crippen molar-refractivity contribution in [1.82, 2.24) is 0 Å². The number of aliphatic hydroxyl groups excluding tert-OH is 1. The molecule has 2 aliphatic carbocycles. The van der Waals surface area contributed by atoms with E-state index < -0.39 is 0 Å². The second-order valence-electron chi connectivity index (χ2n) is 6.15. The van der Waals surface area contributed by atoms with Crippen LogP contribution in [0.4, 0.5) is 0 Å². The van der Waals surface area contributed by atoms with Crippen LogP contribution in [0, 0.1) is 17.3 Å². The maximum atomic E-state index is 10.2. The van der Waals surface area contributed by atoms with Crippen molar-refractivity contribution in [3.8, 4) is 0 Å². The lowest BCUT2D eigenvalue weighted by molar-refractivity contribution is -0.0147. The molecule has 2 aliphatic rings. The van der Waals surface area contributed by atoms with Gasteiger partial charge in [0.25, 0.3) is 0 Å². The molecule has 0 unspecified atom stereocenters. The van der Waals surface area contributed by atoms with Gasteiger partial charge in [0.2, 0.25) is 0 Å². The summed E-state index contributed by atoms with van der Waals surface area (Å²) in [5.74, 6) is 0.964. The summed E-state index contributed by atoms with van der Waals surface area (Å²) >= 11 is 0. The van der Waals surface area contributed by atoms with Gasteiger partial charge in [-0.3, -0.25) is 0 Å². The van der Waals surface area contributed by atoms with Crippen LogP contribution in [-0.4, -0.2) is 11.2 Å². The Morgan fingerprint density at radius 2 is 2.25 bits per heavy atom. The van der Waals surface area contributed by atoms with E-state index in [0.717, 1.165) is 18.4 Å². The highest BCUT2D eigenvalue weighted by atomic mass is 16.3. The molecule has 1 fully saturated rings. The summed E-state index contributed by atoms with van der Waals surface area (Å²) in [6.07, 6.45) is 6.66. The van der Waals surface area contributed by atoms with Crippen LogP contribution in [0.3, 0.4) is 0 Å². The van der Waals surface area contributed by atoms with Crippen molar-refractivity contribution < 1.29 is 5.11 Å². The van der Waals surface area contributed by atoms with Gasteiger partial charge in [-0.15, -0.1) is 0 Å². The summed E-state index contributed by atoms with van der Waals surface area (Å²) in [5.41, 5.74) is 3.00. The van der Waals surface area contributed by atoms with Gasteiger partial charge in [-0.2, -0.15) is 0 Å². The monoisotopic (exact) mass is 220 g/mol. The summed E-state index contributed by atoms with van der Waals surface area (Å²) in [6.45, 7) is 10.7. The molecule has 16 heavy (non-hydrogen) atoms. The molecule has 1 saturated carbocycles. The standard InChI is InChI=1S/C15H24O/c1-10(2)12-8-13-11(3)6-5-7-15(13,4)9-14(12)16/h6,12-14,16H,1,5,7-9H2,2-4H3/t12-,13+,14-,15+/m0/s1. The quantitative estimate of drug-likeness (QED) is 0.668. The van der Waals surface area contributed by atoms with Gasteiger partial charge < -0.3 is 5.11 Å². The fourth-order valence-corrected chi connectivity index (χ4v) is 3.77. The molecule has 90 valence electrons. The zero-order valence-corrected chi connectivity index (χ0v) is 10.8. The second kappa shape index (κ2) is 4.03. The number of rotatable bonds is 1. The van der Waals surface area contributed by atoms with E-state index in [9.17, 15) is 5.11 Å². The first kappa shape index (κ1) is 11.9. The Hall–Kier alpha value is -0.560. The van der Waals surface area contributed by atoms with E-state index in [1.165, 1.54) is 18.4 Å². The molecule has 0 heterocycles. The van der Waals surface area contributed by atoms with E-state index in [1.54, 1.807) is 0 Å². The zero-order valence-electron chi connectivity index (χ0n) is 10.8. The molecule has 0 spiro atoms. The average molecular weight is 220 g/mol. The van der Waals surface area contributed by atoms with Gasteiger partial charge in [0.1, 0.15) is 0 Å². The molecule has 0 aliphatic heterocycles. The Morgan fingerprint density at radius 1 is 1.56 bits per heavy atom. The number of hydrogen-bond acceptors (Lipinski definition) is 1. The highest BCUT2D eigenvalue weighted by Crippen LogP contribution is 2.52. The van der Waals surface area contributed by atoms with E-state index in [1.807, 2.05) is 0 Å². The molecule has 0 radical (unpaired) electrons. The topological polar surface area (TPSA) is 20.2 Å². The van der Waals surface area contributed by atoms with Gasteiger partial charge in [0.15, 0.2) is 0 Å². The van der Waals surface area contributed by atoms with Crippen molar-refractivity contribution in [3.05, 3.63) is 23.8 Å². The normalized spacial score (nSPS) is 43.5. The van der Waals surface area contributed by atoms with E-state index in [2.05, 4.69) is 33.4 Å². The minimum atomic E-state index is -0.176. The second-order valence-corrected chi connectivity index (χ2v) is 6.15. The molecule has 2 rings (SSSR count). The van der Waals surface area contributed by atoms with E-state index in [-0.39, 0.29) is 6.10 Å². The molecule has 1 N–H and O–H groups in total. The van der Waals surface area contributed by atoms with E-state index in [4.69, 9.17) is 0 Å². The van der Waals surface area contributed by atoms with Gasteiger partial charge in [-0.25, -0.2) is 0 Å². The Balaban J connectivity index is 2.26. The molecule has 0 aromatic carbocycles. The van der Waals surface area contributed by atoms with E-state index >= 15 is 0 Å². The van der Waals surface area contributed by atoms with Crippen molar-refractivity contribution in [3.63, 3.8) is 0 Å². The van der Waals surface area contributed by atoms with Crippen LogP contribution in [0.2, 0.25) is 0 Å². The third kappa shape index (κ3) is 1.86. The molecule has 0 aromatic rings. The maximum absolute atomic E-state index is 10.2. The number of fused-ring (bicyclic) bond motifs is 1. The molecule has 0 saturated heterocycles. The van der Waals surface area contributed by atoms with Crippen molar-refractivity contribution >= 4 is 0 Å². The van der Waals surface area contributed by atoms with Gasteiger partial charge in [0.05, 0.1) is 6.10 Å². The minimum absolute atomic E-state index is 0.176. The molecular formula is C15H24O. The van der Waals surface area contributed by atoms with Crippen LogP contribution >= 0.6 is 0 Å². The molecular weight excluding hydrogens is 196 g/mol. The van der Waals surface area contributed by atoms with E-state index in [0.29, 0.717) is 17.3 Å². The third-order valence-electron chi connectivity index (χ3n) is 4.84. The lowest BCUT2D eigenvalue weighted by atomic mass is 9.56. The fourth-order valence-electron chi connectivity index (χ4n) is 3.77. The molecule has 1 nitrogen and oxygen atoms in total. The lowest BCUT2D eigenvalue weighted by Gasteiger charge is -2.49. The smallest absolute Gasteiger partial charge is 0.0610 e. The first-order valence-electron chi connectivity index (χ1n) is 6.44. The summed E-state index contributed by atoms with van der Waals surface area (Å²) in [4.78, 5) is 0. The Bertz CT molecular complexity index is 328. The van der Waals surface area contributed by atoms with Crippen LogP contribution in [0.25, 0.3) is 0 Å². The highest BCUT2D eigenvalue weighted by Gasteiger charge is 2.45. The summed E-state index contributed by atoms with van der Waals surface area (Å²) in [5, 5.41) is 10.2. The molecule has 1 heteroatoms. The lowest BCUT2D eigenvalue weighted by Crippen LogP contribution is -2.44. The largest absolute Gasteiger partial charge is 0.392 e. The predicted octanol–water partition coefficient (Wildman–Crippen LogP) is 3.70. The zero-order chi connectivity index (χ0) is 11.9. The SMILES string of the molecule is C=C(C)[C@@H]1C[C@@H]2C(C)=CCC[C@]2(C)C[C@@H]1O. The summed E-state index contributed by atoms with van der Waals surface area (Å²) < 4.78 is 0. The Kier molecular flexibility index (Phi) is 3.00. The maximum Gasteiger partial charge on any atom is 0.0610 e. The molecule has 0 bridgehead atoms. The first-order valence-corrected chi connectivity index (χ1v) is 6.44. The highest BCUT2D eigenvalue weighted by molar-refractivity contribution is 5.18. The van der Waals surface area contributed by atoms with Gasteiger partial charge >= 0.3 is 0 Å². The molecule has 4 atom stereocenters. The van der Waals surface area contributed by atoms with Crippen molar-refractivity contribution in [2.45, 2.75) is 52.6 Å². The van der Waals surface area contributed by atoms with Crippen LogP contribution in [-0.2, 0) is 0 Å². The van der Waals surface area contributed by atoms with Crippen molar-refractivity contribution in [2.75, 3.05) is 0 Å². The molecule has 0 aromatic heterocycles. The number of allylic oxidation sites excluding steroid dienone is 2. The van der Waals surface area contributed by atoms with Gasteiger partial charge in [-0.05, 0) is 50.9 Å². The van der Waals surface area contributed by atoms with Gasteiger partial charge in [-0.1, -0.05) is 30.7 Å². The van der Waals surface area contributed by atoms with Crippen LogP contribution in [0.5, 0.6) is 0 Å². The average Bonchev–Trinajstić information content (AvgIpc) is 2.15. The summed E-state index contributed by atoms with van der Waals surface area (Å²) in [7, 11) is 0. The van der Waals surface area contributed by atoms with Crippen LogP contribution < -0.4 is 0 Å². The third-order valence-corrected chi connectivity index (χ3v) is 4.84. The van der Waals surface area contributed by atoms with Gasteiger partial charge in [0, 0.05) is 5.92 Å². The number of hydrogen-bond donors (Lipinski definition) is 1. The minimum Gasteiger partial charge on any atom is -0.392 e. The van der Waals surface area contributed by atoms with Crippen LogP contribution in [0.15, 0.2) is 23.8 Å². The van der Waals surface area contributed by atoms with Crippen LogP contribution in [0.1, 0.15) is 46.5 Å².